The molecular formula is C52H35N3. The maximum atomic E-state index is 2.40. The fourth-order valence-electron chi connectivity index (χ4n) is 8.52. The van der Waals surface area contributed by atoms with Crippen LogP contribution in [0.5, 0.6) is 0 Å². The summed E-state index contributed by atoms with van der Waals surface area (Å²) in [6.45, 7) is 0. The summed E-state index contributed by atoms with van der Waals surface area (Å²) in [7, 11) is 0. The van der Waals surface area contributed by atoms with Gasteiger partial charge in [0.1, 0.15) is 0 Å². The summed E-state index contributed by atoms with van der Waals surface area (Å²) >= 11 is 0. The second kappa shape index (κ2) is 12.6. The number of nitrogens with zero attached hydrogens (tertiary/aromatic N) is 3. The Morgan fingerprint density at radius 2 is 0.727 bits per heavy atom. The maximum absolute atomic E-state index is 2.40. The molecule has 0 aliphatic rings. The van der Waals surface area contributed by atoms with Crippen LogP contribution in [0.4, 0.5) is 17.1 Å². The largest absolute Gasteiger partial charge is 0.310 e. The summed E-state index contributed by atoms with van der Waals surface area (Å²) in [5.74, 6) is 0. The van der Waals surface area contributed by atoms with Crippen molar-refractivity contribution in [2.24, 2.45) is 0 Å². The van der Waals surface area contributed by atoms with Crippen molar-refractivity contribution in [2.75, 3.05) is 4.90 Å². The molecule has 3 heteroatoms. The van der Waals surface area contributed by atoms with Crippen LogP contribution in [0.1, 0.15) is 0 Å². The van der Waals surface area contributed by atoms with E-state index in [2.05, 4.69) is 226 Å². The van der Waals surface area contributed by atoms with Crippen LogP contribution in [0, 0.1) is 0 Å². The van der Waals surface area contributed by atoms with E-state index >= 15 is 0 Å². The molecule has 3 nitrogen and oxygen atoms in total. The van der Waals surface area contributed by atoms with E-state index in [0.29, 0.717) is 0 Å². The van der Waals surface area contributed by atoms with Crippen LogP contribution in [-0.4, -0.2) is 9.13 Å². The maximum Gasteiger partial charge on any atom is 0.0561 e. The van der Waals surface area contributed by atoms with Crippen molar-refractivity contribution in [2.45, 2.75) is 0 Å². The lowest BCUT2D eigenvalue weighted by Crippen LogP contribution is -2.10. The van der Waals surface area contributed by atoms with Crippen LogP contribution >= 0.6 is 0 Å². The first-order valence-electron chi connectivity index (χ1n) is 18.9. The Labute approximate surface area is 319 Å². The van der Waals surface area contributed by atoms with Crippen molar-refractivity contribution in [1.29, 1.82) is 0 Å². The molecule has 9 aromatic carbocycles. The average Bonchev–Trinajstić information content (AvgIpc) is 3.76. The molecule has 0 amide bonds. The zero-order valence-electron chi connectivity index (χ0n) is 30.0. The number of aromatic nitrogens is 2. The highest BCUT2D eigenvalue weighted by atomic mass is 15.1. The van der Waals surface area contributed by atoms with Gasteiger partial charge >= 0.3 is 0 Å². The molecule has 0 unspecified atom stereocenters. The Morgan fingerprint density at radius 3 is 1.40 bits per heavy atom. The first-order valence-corrected chi connectivity index (χ1v) is 18.9. The molecule has 0 saturated heterocycles. The van der Waals surface area contributed by atoms with E-state index in [1.165, 1.54) is 65.5 Å². The van der Waals surface area contributed by atoms with E-state index in [4.69, 9.17) is 0 Å². The van der Waals surface area contributed by atoms with E-state index in [1.807, 2.05) is 0 Å². The predicted octanol–water partition coefficient (Wildman–Crippen LogP) is 14.2. The highest BCUT2D eigenvalue weighted by Gasteiger charge is 2.18. The Hall–Kier alpha value is -7.36. The minimum absolute atomic E-state index is 1.10. The van der Waals surface area contributed by atoms with Gasteiger partial charge in [0.15, 0.2) is 0 Å². The Balaban J connectivity index is 0.985. The van der Waals surface area contributed by atoms with E-state index in [-0.39, 0.29) is 0 Å². The third-order valence-electron chi connectivity index (χ3n) is 11.1. The smallest absolute Gasteiger partial charge is 0.0561 e. The molecular weight excluding hydrogens is 667 g/mol. The van der Waals surface area contributed by atoms with Crippen LogP contribution < -0.4 is 4.90 Å². The molecule has 0 aliphatic heterocycles. The van der Waals surface area contributed by atoms with Gasteiger partial charge in [-0.05, 0) is 107 Å². The monoisotopic (exact) mass is 701 g/mol. The molecule has 11 rings (SSSR count). The number of benzene rings is 9. The molecule has 0 N–H and O–H groups in total. The normalized spacial score (nSPS) is 11.6. The van der Waals surface area contributed by atoms with E-state index < -0.39 is 0 Å². The Morgan fingerprint density at radius 1 is 0.273 bits per heavy atom. The van der Waals surface area contributed by atoms with Gasteiger partial charge in [0.25, 0.3) is 0 Å². The lowest BCUT2D eigenvalue weighted by molar-refractivity contribution is 1.18. The molecule has 0 radical (unpaired) electrons. The molecule has 0 bridgehead atoms. The van der Waals surface area contributed by atoms with Crippen LogP contribution in [0.15, 0.2) is 212 Å². The van der Waals surface area contributed by atoms with Gasteiger partial charge in [-0.1, -0.05) is 127 Å². The fraction of sp³-hybridized carbons (Fsp3) is 0. The molecule has 258 valence electrons. The van der Waals surface area contributed by atoms with Gasteiger partial charge < -0.3 is 14.0 Å². The SMILES string of the molecule is c1ccc(N(c2ccc(-c3ccc(-n4c5ccccc5c5cc6ccccc6cc54)cc3)cc2)c2ccc3c4ccccc4n(-c4ccccc4)c3c2)cc1. The Bertz CT molecular complexity index is 3170. The second-order valence-electron chi connectivity index (χ2n) is 14.2. The topological polar surface area (TPSA) is 13.1 Å². The molecule has 0 saturated carbocycles. The summed E-state index contributed by atoms with van der Waals surface area (Å²) in [5.41, 5.74) is 12.8. The third kappa shape index (κ3) is 5.13. The predicted molar refractivity (Wildman–Crippen MR) is 233 cm³/mol. The van der Waals surface area contributed by atoms with Crippen molar-refractivity contribution < 1.29 is 0 Å². The third-order valence-corrected chi connectivity index (χ3v) is 11.1. The summed E-state index contributed by atoms with van der Waals surface area (Å²) in [4.78, 5) is 2.35. The quantitative estimate of drug-likeness (QED) is 0.168. The van der Waals surface area contributed by atoms with Gasteiger partial charge in [-0.2, -0.15) is 0 Å². The minimum Gasteiger partial charge on any atom is -0.310 e. The standard InChI is InChI=1S/C52H35N3/c1-3-15-40(16-4-1)53(44-31-32-47-45-19-9-11-21-49(45)54(52(47)35-44)41-17-5-2-6-18-41)42-27-23-36(24-28-42)37-25-29-43(30-26-37)55-50-22-12-10-20-46(50)48-33-38-13-7-8-14-39(38)34-51(48)55/h1-35H. The minimum atomic E-state index is 1.10. The Kier molecular flexibility index (Phi) is 7.17. The van der Waals surface area contributed by atoms with E-state index in [9.17, 15) is 0 Å². The van der Waals surface area contributed by atoms with E-state index in [0.717, 1.165) is 28.4 Å². The summed E-state index contributed by atoms with van der Waals surface area (Å²) < 4.78 is 4.78. The molecule has 0 aliphatic carbocycles. The number of rotatable bonds is 6. The van der Waals surface area contributed by atoms with Crippen molar-refractivity contribution in [3.63, 3.8) is 0 Å². The number of hydrogen-bond donors (Lipinski definition) is 0. The molecule has 2 aromatic heterocycles. The number of para-hydroxylation sites is 4. The zero-order valence-corrected chi connectivity index (χ0v) is 30.0. The molecule has 0 spiro atoms. The van der Waals surface area contributed by atoms with Crippen LogP contribution in [0.2, 0.25) is 0 Å². The molecule has 55 heavy (non-hydrogen) atoms. The van der Waals surface area contributed by atoms with Gasteiger partial charge in [-0.3, -0.25) is 0 Å². The number of anilines is 3. The van der Waals surface area contributed by atoms with Gasteiger partial charge in [0.2, 0.25) is 0 Å². The van der Waals surface area contributed by atoms with Gasteiger partial charge in [-0.25, -0.2) is 0 Å². The molecule has 2 heterocycles. The first-order chi connectivity index (χ1) is 27.3. The second-order valence-corrected chi connectivity index (χ2v) is 14.2. The molecule has 0 fully saturated rings. The van der Waals surface area contributed by atoms with Crippen molar-refractivity contribution >= 4 is 71.4 Å². The first kappa shape index (κ1) is 31.2. The lowest BCUT2D eigenvalue weighted by Gasteiger charge is -2.26. The van der Waals surface area contributed by atoms with Gasteiger partial charge in [-0.15, -0.1) is 0 Å². The zero-order chi connectivity index (χ0) is 36.3. The van der Waals surface area contributed by atoms with Crippen molar-refractivity contribution in [3.05, 3.63) is 212 Å². The van der Waals surface area contributed by atoms with Crippen LogP contribution in [0.25, 0.3) is 76.9 Å². The number of fused-ring (bicyclic) bond motifs is 7. The average molecular weight is 702 g/mol. The van der Waals surface area contributed by atoms with Gasteiger partial charge in [0.05, 0.1) is 22.1 Å². The summed E-state index contributed by atoms with van der Waals surface area (Å²) in [6, 6.07) is 76.8. The fourth-order valence-corrected chi connectivity index (χ4v) is 8.52. The molecule has 11 aromatic rings. The summed E-state index contributed by atoms with van der Waals surface area (Å²) in [5, 5.41) is 7.55. The highest BCUT2D eigenvalue weighted by Crippen LogP contribution is 2.40. The summed E-state index contributed by atoms with van der Waals surface area (Å²) in [6.07, 6.45) is 0. The van der Waals surface area contributed by atoms with E-state index in [1.54, 1.807) is 0 Å². The van der Waals surface area contributed by atoms with Crippen LogP contribution in [0.3, 0.4) is 0 Å². The van der Waals surface area contributed by atoms with Crippen molar-refractivity contribution in [1.82, 2.24) is 9.13 Å². The molecule has 0 atom stereocenters. The van der Waals surface area contributed by atoms with Gasteiger partial charge in [0, 0.05) is 50.0 Å². The van der Waals surface area contributed by atoms with Crippen molar-refractivity contribution in [3.8, 4) is 22.5 Å². The number of hydrogen-bond acceptors (Lipinski definition) is 1. The van der Waals surface area contributed by atoms with Crippen LogP contribution in [-0.2, 0) is 0 Å². The highest BCUT2D eigenvalue weighted by molar-refractivity contribution is 6.14. The lowest BCUT2D eigenvalue weighted by atomic mass is 10.0.